The second-order valence-corrected chi connectivity index (χ2v) is 2.47. The first-order valence-electron chi connectivity index (χ1n) is 3.54. The lowest BCUT2D eigenvalue weighted by Crippen LogP contribution is -1.95. The molecule has 0 aromatic heterocycles. The highest BCUT2D eigenvalue weighted by atomic mass is 19.2. The Morgan fingerprint density at radius 1 is 1.31 bits per heavy atom. The Morgan fingerprint density at radius 3 is 2.46 bits per heavy atom. The number of hydrogen-bond donors (Lipinski definition) is 1. The van der Waals surface area contributed by atoms with Gasteiger partial charge >= 0.3 is 0 Å². The van der Waals surface area contributed by atoms with Crippen molar-refractivity contribution in [2.45, 2.75) is 6.42 Å². The Balaban J connectivity index is 3.34. The molecule has 0 heterocycles. The van der Waals surface area contributed by atoms with E-state index in [0.29, 0.717) is 6.07 Å². The van der Waals surface area contributed by atoms with Crippen molar-refractivity contribution in [1.82, 2.24) is 0 Å². The highest BCUT2D eigenvalue weighted by Gasteiger charge is 2.16. The maximum atomic E-state index is 12.9. The first kappa shape index (κ1) is 9.64. The molecular formula is C9H7F3O. The van der Waals surface area contributed by atoms with Gasteiger partial charge in [-0.2, -0.15) is 4.39 Å². The quantitative estimate of drug-likeness (QED) is 0.558. The lowest BCUT2D eigenvalue weighted by Gasteiger charge is -2.04. The Bertz CT molecular complexity index is 347. The lowest BCUT2D eigenvalue weighted by molar-refractivity contribution is 0.393. The molecule has 1 N–H and O–H groups in total. The summed E-state index contributed by atoms with van der Waals surface area (Å²) >= 11 is 0. The van der Waals surface area contributed by atoms with Crippen LogP contribution in [0.4, 0.5) is 13.2 Å². The fourth-order valence-corrected chi connectivity index (χ4v) is 0.959. The van der Waals surface area contributed by atoms with Gasteiger partial charge < -0.3 is 5.11 Å². The van der Waals surface area contributed by atoms with Gasteiger partial charge in [-0.05, 0) is 6.42 Å². The molecule has 0 spiro atoms. The zero-order valence-corrected chi connectivity index (χ0v) is 6.65. The largest absolute Gasteiger partial charge is 0.504 e. The number of phenols is 1. The van der Waals surface area contributed by atoms with Crippen LogP contribution in [0.1, 0.15) is 5.56 Å². The second-order valence-electron chi connectivity index (χ2n) is 2.47. The summed E-state index contributed by atoms with van der Waals surface area (Å²) in [5.74, 6) is -4.80. The summed E-state index contributed by atoms with van der Waals surface area (Å²) in [6, 6.07) is 0.397. The highest BCUT2D eigenvalue weighted by Crippen LogP contribution is 2.26. The molecule has 70 valence electrons. The van der Waals surface area contributed by atoms with Crippen LogP contribution in [0.3, 0.4) is 0 Å². The van der Waals surface area contributed by atoms with Crippen molar-refractivity contribution < 1.29 is 18.3 Å². The van der Waals surface area contributed by atoms with Gasteiger partial charge in [-0.1, -0.05) is 6.08 Å². The minimum Gasteiger partial charge on any atom is -0.504 e. The van der Waals surface area contributed by atoms with Gasteiger partial charge in [-0.15, -0.1) is 6.58 Å². The van der Waals surface area contributed by atoms with E-state index in [4.69, 9.17) is 5.11 Å². The molecule has 1 nitrogen and oxygen atoms in total. The Kier molecular flexibility index (Phi) is 2.60. The highest BCUT2D eigenvalue weighted by molar-refractivity contribution is 5.36. The zero-order chi connectivity index (χ0) is 10.0. The first-order chi connectivity index (χ1) is 6.07. The van der Waals surface area contributed by atoms with Crippen molar-refractivity contribution in [3.8, 4) is 5.75 Å². The van der Waals surface area contributed by atoms with Gasteiger partial charge in [0.15, 0.2) is 11.6 Å². The predicted molar refractivity (Wildman–Crippen MR) is 41.9 cm³/mol. The van der Waals surface area contributed by atoms with E-state index in [-0.39, 0.29) is 12.0 Å². The molecule has 1 aromatic rings. The van der Waals surface area contributed by atoms with E-state index in [1.54, 1.807) is 0 Å². The van der Waals surface area contributed by atoms with Crippen molar-refractivity contribution in [3.63, 3.8) is 0 Å². The van der Waals surface area contributed by atoms with Gasteiger partial charge in [0, 0.05) is 11.6 Å². The summed E-state index contributed by atoms with van der Waals surface area (Å²) in [5, 5.41) is 8.99. The number of rotatable bonds is 2. The van der Waals surface area contributed by atoms with Crippen LogP contribution in [0.25, 0.3) is 0 Å². The van der Waals surface area contributed by atoms with Crippen molar-refractivity contribution in [2.24, 2.45) is 0 Å². The third-order valence-corrected chi connectivity index (χ3v) is 1.59. The molecule has 0 bridgehead atoms. The van der Waals surface area contributed by atoms with Crippen LogP contribution in [-0.2, 0) is 6.42 Å². The molecule has 13 heavy (non-hydrogen) atoms. The van der Waals surface area contributed by atoms with E-state index in [9.17, 15) is 13.2 Å². The van der Waals surface area contributed by atoms with E-state index >= 15 is 0 Å². The van der Waals surface area contributed by atoms with E-state index in [1.807, 2.05) is 0 Å². The minimum absolute atomic E-state index is 0.0468. The van der Waals surface area contributed by atoms with E-state index < -0.39 is 23.2 Å². The van der Waals surface area contributed by atoms with Crippen molar-refractivity contribution in [1.29, 1.82) is 0 Å². The second kappa shape index (κ2) is 3.51. The predicted octanol–water partition coefficient (Wildman–Crippen LogP) is 2.54. The maximum absolute atomic E-state index is 12.9. The first-order valence-corrected chi connectivity index (χ1v) is 3.54. The van der Waals surface area contributed by atoms with Crippen LogP contribution >= 0.6 is 0 Å². The molecule has 0 aliphatic carbocycles. The van der Waals surface area contributed by atoms with Crippen LogP contribution in [-0.4, -0.2) is 5.11 Å². The number of hydrogen-bond acceptors (Lipinski definition) is 1. The molecule has 0 atom stereocenters. The van der Waals surface area contributed by atoms with E-state index in [2.05, 4.69) is 6.58 Å². The topological polar surface area (TPSA) is 20.2 Å². The van der Waals surface area contributed by atoms with Crippen LogP contribution < -0.4 is 0 Å². The number of allylic oxidation sites excluding steroid dienone is 1. The van der Waals surface area contributed by atoms with Crippen molar-refractivity contribution in [2.75, 3.05) is 0 Å². The van der Waals surface area contributed by atoms with Crippen LogP contribution in [0.5, 0.6) is 5.75 Å². The number of halogens is 3. The normalized spacial score (nSPS) is 10.1. The Labute approximate surface area is 73.1 Å². The zero-order valence-electron chi connectivity index (χ0n) is 6.65. The average molecular weight is 188 g/mol. The third kappa shape index (κ3) is 1.66. The maximum Gasteiger partial charge on any atom is 0.200 e. The Morgan fingerprint density at radius 2 is 1.92 bits per heavy atom. The molecule has 1 aromatic carbocycles. The lowest BCUT2D eigenvalue weighted by atomic mass is 10.1. The van der Waals surface area contributed by atoms with Gasteiger partial charge in [-0.25, -0.2) is 8.78 Å². The molecule has 0 unspecified atom stereocenters. The average Bonchev–Trinajstić information content (AvgIpc) is 2.09. The Hall–Kier alpha value is -1.45. The molecule has 0 aliphatic rings. The van der Waals surface area contributed by atoms with Gasteiger partial charge in [0.25, 0.3) is 0 Å². The van der Waals surface area contributed by atoms with Crippen LogP contribution in [0.2, 0.25) is 0 Å². The fourth-order valence-electron chi connectivity index (χ4n) is 0.959. The molecule has 0 aliphatic heterocycles. The molecule has 0 fully saturated rings. The molecular weight excluding hydrogens is 181 g/mol. The standard InChI is InChI=1S/C9H7F3O/c1-2-3-5-6(10)4-7(11)8(12)9(5)13/h2,4,13H,1,3H2. The number of benzene rings is 1. The summed E-state index contributed by atoms with van der Waals surface area (Å²) in [6.07, 6.45) is 1.24. The molecule has 0 amide bonds. The molecule has 0 saturated heterocycles. The summed E-state index contributed by atoms with van der Waals surface area (Å²) in [7, 11) is 0. The van der Waals surface area contributed by atoms with Gasteiger partial charge in [0.1, 0.15) is 5.82 Å². The minimum atomic E-state index is -1.43. The molecule has 1 rings (SSSR count). The van der Waals surface area contributed by atoms with Crippen molar-refractivity contribution >= 4 is 0 Å². The van der Waals surface area contributed by atoms with Gasteiger partial charge in [0.05, 0.1) is 0 Å². The SMILES string of the molecule is C=CCc1c(F)cc(F)c(F)c1O. The smallest absolute Gasteiger partial charge is 0.200 e. The number of phenolic OH excluding ortho intramolecular Hbond substituents is 1. The monoisotopic (exact) mass is 188 g/mol. The molecule has 4 heteroatoms. The fraction of sp³-hybridized carbons (Fsp3) is 0.111. The van der Waals surface area contributed by atoms with Crippen LogP contribution in [0.15, 0.2) is 18.7 Å². The van der Waals surface area contributed by atoms with Gasteiger partial charge in [-0.3, -0.25) is 0 Å². The summed E-state index contributed by atoms with van der Waals surface area (Å²) < 4.78 is 38.0. The third-order valence-electron chi connectivity index (χ3n) is 1.59. The molecule has 0 radical (unpaired) electrons. The summed E-state index contributed by atoms with van der Waals surface area (Å²) in [4.78, 5) is 0. The van der Waals surface area contributed by atoms with Gasteiger partial charge in [0.2, 0.25) is 5.82 Å². The van der Waals surface area contributed by atoms with E-state index in [1.165, 1.54) is 6.08 Å². The van der Waals surface area contributed by atoms with Crippen LogP contribution in [0, 0.1) is 17.5 Å². The summed E-state index contributed by atoms with van der Waals surface area (Å²) in [5.41, 5.74) is -0.283. The summed E-state index contributed by atoms with van der Waals surface area (Å²) in [6.45, 7) is 3.30. The molecule has 0 saturated carbocycles. The number of aromatic hydroxyl groups is 1. The van der Waals surface area contributed by atoms with Crippen molar-refractivity contribution in [3.05, 3.63) is 41.7 Å². The van der Waals surface area contributed by atoms with E-state index in [0.717, 1.165) is 0 Å².